The van der Waals surface area contributed by atoms with E-state index in [-0.39, 0.29) is 36.1 Å². The van der Waals surface area contributed by atoms with Crippen molar-refractivity contribution in [1.82, 2.24) is 30.4 Å². The molecule has 0 spiro atoms. The third-order valence-electron chi connectivity index (χ3n) is 15.9. The number of anilines is 3. The first-order valence-electron chi connectivity index (χ1n) is 26.2. The maximum Gasteiger partial charge on any atom is 0.407 e. The van der Waals surface area contributed by atoms with Crippen LogP contribution in [0.25, 0.3) is 11.0 Å². The fourth-order valence-corrected chi connectivity index (χ4v) is 13.4. The van der Waals surface area contributed by atoms with E-state index < -0.39 is 80.1 Å². The molecule has 4 fully saturated rings. The Balaban J connectivity index is 1.08. The van der Waals surface area contributed by atoms with Gasteiger partial charge in [-0.25, -0.2) is 23.4 Å². The number of aromatic nitrogens is 2. The van der Waals surface area contributed by atoms with E-state index in [1.807, 2.05) is 35.2 Å². The predicted molar refractivity (Wildman–Crippen MR) is 285 cm³/mol. The molecular weight excluding hydrogens is 1000 g/mol. The molecule has 22 heteroatoms. The number of fused-ring (bicyclic) bond motifs is 1. The number of carbonyl (C=O) groups is 5. The number of aromatic amines is 1. The second-order valence-corrected chi connectivity index (χ2v) is 26.6. The van der Waals surface area contributed by atoms with Gasteiger partial charge in [0, 0.05) is 64.8 Å². The first kappa shape index (κ1) is 55.9. The summed E-state index contributed by atoms with van der Waals surface area (Å²) in [6.07, 6.45) is 0.0335. The number of benzene rings is 3. The second-order valence-electron chi connectivity index (χ2n) is 21.3. The number of hydrogen-bond donors (Lipinski definition) is 4. The van der Waals surface area contributed by atoms with E-state index in [9.17, 15) is 24.0 Å². The predicted octanol–water partition coefficient (Wildman–Crippen LogP) is 7.44. The number of likely N-dealkylation sites (tertiary alicyclic amines) is 2. The minimum atomic E-state index is -1.43. The van der Waals surface area contributed by atoms with Crippen molar-refractivity contribution in [3.63, 3.8) is 0 Å². The summed E-state index contributed by atoms with van der Waals surface area (Å²) in [5.74, 6) is -2.02. The van der Waals surface area contributed by atoms with Gasteiger partial charge in [0.05, 0.1) is 70.3 Å². The molecule has 9 atom stereocenters. The van der Waals surface area contributed by atoms with Crippen LogP contribution in [-0.2, 0) is 38.1 Å². The Labute approximate surface area is 443 Å². The molecule has 5 amide bonds. The topological polar surface area (TPSA) is 209 Å². The Hall–Kier alpha value is -6.36. The van der Waals surface area contributed by atoms with Crippen LogP contribution in [0, 0.1) is 17.6 Å². The minimum absolute atomic E-state index is 0.00455. The smallest absolute Gasteiger partial charge is 0.407 e. The zero-order chi connectivity index (χ0) is 54.6. The Kier molecular flexibility index (Phi) is 17.6. The van der Waals surface area contributed by atoms with Gasteiger partial charge in [-0.3, -0.25) is 14.4 Å². The van der Waals surface area contributed by atoms with E-state index >= 15 is 8.78 Å². The fraction of sp³-hybridized carbons (Fsp3) is 0.556. The van der Waals surface area contributed by atoms with Gasteiger partial charge in [-0.15, -0.1) is 0 Å². The van der Waals surface area contributed by atoms with E-state index in [4.69, 9.17) is 28.7 Å². The lowest BCUT2D eigenvalue weighted by Gasteiger charge is -2.38. The van der Waals surface area contributed by atoms with Crippen molar-refractivity contribution < 1.29 is 56.4 Å². The summed E-state index contributed by atoms with van der Waals surface area (Å²) in [6, 6.07) is 14.0. The quantitative estimate of drug-likeness (QED) is 0.0760. The van der Waals surface area contributed by atoms with E-state index in [1.165, 1.54) is 45.5 Å². The zero-order valence-electron chi connectivity index (χ0n) is 45.0. The third kappa shape index (κ3) is 11.9. The van der Waals surface area contributed by atoms with Crippen molar-refractivity contribution >= 4 is 66.1 Å². The molecule has 0 unspecified atom stereocenters. The van der Waals surface area contributed by atoms with Gasteiger partial charge in [0.25, 0.3) is 0 Å². The molecule has 4 saturated heterocycles. The highest BCUT2D eigenvalue weighted by atomic mass is 28.3. The van der Waals surface area contributed by atoms with Gasteiger partial charge < -0.3 is 64.2 Å². The molecule has 4 aliphatic heterocycles. The average Bonchev–Trinajstić information content (AvgIpc) is 4.27. The van der Waals surface area contributed by atoms with Crippen LogP contribution in [-0.4, -0.2) is 156 Å². The number of ether oxygens (including phenoxy) is 5. The summed E-state index contributed by atoms with van der Waals surface area (Å²) >= 11 is 0. The molecule has 3 aromatic carbocycles. The molecule has 4 N–H and O–H groups in total. The molecule has 0 aliphatic carbocycles. The van der Waals surface area contributed by atoms with Crippen LogP contribution in [0.15, 0.2) is 54.6 Å². The number of rotatable bonds is 17. The highest BCUT2D eigenvalue weighted by Crippen LogP contribution is 2.49. The van der Waals surface area contributed by atoms with Crippen molar-refractivity contribution in [2.24, 2.45) is 5.92 Å². The number of amides is 5. The van der Waals surface area contributed by atoms with E-state index in [1.54, 1.807) is 38.0 Å². The van der Waals surface area contributed by atoms with Gasteiger partial charge in [0.1, 0.15) is 29.6 Å². The third-order valence-corrected chi connectivity index (χ3v) is 19.1. The number of nitrogens with one attached hydrogen (secondary N) is 4. The zero-order valence-corrected chi connectivity index (χ0v) is 46.0. The van der Waals surface area contributed by atoms with Crippen LogP contribution in [0.2, 0.25) is 25.2 Å². The highest BCUT2D eigenvalue weighted by molar-refractivity contribution is 6.77. The summed E-state index contributed by atoms with van der Waals surface area (Å²) in [6.45, 7) is 10.2. The Morgan fingerprint density at radius 2 is 1.33 bits per heavy atom. The van der Waals surface area contributed by atoms with E-state index in [0.29, 0.717) is 74.6 Å². The second kappa shape index (κ2) is 23.9. The van der Waals surface area contributed by atoms with Crippen molar-refractivity contribution in [2.75, 3.05) is 83.5 Å². The molecule has 0 saturated carbocycles. The van der Waals surface area contributed by atoms with E-state index in [0.717, 1.165) is 35.2 Å². The number of carbonyl (C=O) groups excluding carboxylic acids is 5. The SMILES string of the molecule is COC[C@H]1C[C@@H](C(=O)Nc2ccc([C@H]3CC[C@H](c4ccc5nc([C@@H]6CCCN6C(=O)[C@H](NC(=O)OC)[C@@H](C)OC)[nH]c5c4)N3c3cc(F)c(N4CC[Si](C)(C)CC4)c(F)c3)cc2)N(C(=O)[C@@H](NC(=O)OC)[C@@H](C)OC)C1. The fourth-order valence-electron chi connectivity index (χ4n) is 11.4. The summed E-state index contributed by atoms with van der Waals surface area (Å²) in [4.78, 5) is 82.3. The Morgan fingerprint density at radius 3 is 1.91 bits per heavy atom. The van der Waals surface area contributed by atoms with Crippen molar-refractivity contribution in [3.8, 4) is 0 Å². The van der Waals surface area contributed by atoms with Crippen LogP contribution >= 0.6 is 0 Å². The number of hydrogen-bond acceptors (Lipinski definition) is 13. The molecule has 19 nitrogen and oxygen atoms in total. The molecule has 1 aromatic heterocycles. The lowest BCUT2D eigenvalue weighted by atomic mass is 10.0. The lowest BCUT2D eigenvalue weighted by molar-refractivity contribution is -0.141. The summed E-state index contributed by atoms with van der Waals surface area (Å²) < 4.78 is 59.1. The number of H-pyrrole nitrogens is 1. The Bertz CT molecular complexity index is 2720. The lowest BCUT2D eigenvalue weighted by Crippen LogP contribution is -2.56. The summed E-state index contributed by atoms with van der Waals surface area (Å²) in [5.41, 5.74) is 4.03. The molecular formula is C54H73F2N9O10Si. The molecule has 4 aliphatic rings. The first-order valence-corrected chi connectivity index (χ1v) is 29.6. The number of nitrogens with zero attached hydrogens (tertiary/aromatic N) is 5. The number of alkyl carbamates (subject to hydrolysis) is 2. The largest absolute Gasteiger partial charge is 0.453 e. The highest BCUT2D eigenvalue weighted by Gasteiger charge is 2.45. The van der Waals surface area contributed by atoms with Gasteiger partial charge in [0.15, 0.2) is 11.6 Å². The van der Waals surface area contributed by atoms with Gasteiger partial charge >= 0.3 is 12.2 Å². The van der Waals surface area contributed by atoms with Gasteiger partial charge in [-0.05, 0) is 106 Å². The summed E-state index contributed by atoms with van der Waals surface area (Å²) in [7, 11) is 5.45. The molecule has 0 bridgehead atoms. The molecule has 412 valence electrons. The normalized spacial score (nSPS) is 23.0. The standard InChI is InChI=1S/C54H73F2N9O10Si/c1-31(72-4)46(60-53(69)74-6)51(67)63-20-10-11-44(63)49-58-40-17-14-35(26-41(40)59-49)43-19-18-42(65(43)37-27-38(55)48(39(56)28-37)62-21-23-76(8,9)24-22-62)34-12-15-36(16-13-34)57-50(66)45-25-33(30-71-3)29-64(45)52(68)47(32(2)73-5)61-54(70)75-7/h12-17,26-28,31-33,42-47H,10-11,18-25,29-30H2,1-9H3,(H,57,66)(H,58,59)(H,60,69)(H,61,70)/t31-,32-,33+,42-,43-,44+,45+,46-,47+/m1/s1. The minimum Gasteiger partial charge on any atom is -0.453 e. The maximum absolute atomic E-state index is 16.6. The molecule has 5 heterocycles. The van der Waals surface area contributed by atoms with Crippen LogP contribution < -0.4 is 25.8 Å². The first-order chi connectivity index (χ1) is 36.4. The number of halogens is 2. The molecule has 8 rings (SSSR count). The van der Waals surface area contributed by atoms with Crippen LogP contribution in [0.4, 0.5) is 35.4 Å². The molecule has 4 aromatic rings. The van der Waals surface area contributed by atoms with Crippen LogP contribution in [0.3, 0.4) is 0 Å². The van der Waals surface area contributed by atoms with Crippen molar-refractivity contribution in [2.45, 2.75) is 120 Å². The molecule has 0 radical (unpaired) electrons. The average molecular weight is 1070 g/mol. The van der Waals surface area contributed by atoms with Gasteiger partial charge in [-0.2, -0.15) is 0 Å². The molecule has 76 heavy (non-hydrogen) atoms. The van der Waals surface area contributed by atoms with Gasteiger partial charge in [-0.1, -0.05) is 31.3 Å². The van der Waals surface area contributed by atoms with Crippen LogP contribution in [0.1, 0.15) is 81.0 Å². The number of imidazole rings is 1. The summed E-state index contributed by atoms with van der Waals surface area (Å²) in [5, 5.41) is 8.18. The number of methoxy groups -OCH3 is 5. The van der Waals surface area contributed by atoms with Crippen molar-refractivity contribution in [1.29, 1.82) is 0 Å². The van der Waals surface area contributed by atoms with Gasteiger partial charge in [0.2, 0.25) is 17.7 Å². The van der Waals surface area contributed by atoms with Crippen LogP contribution in [0.5, 0.6) is 0 Å². The van der Waals surface area contributed by atoms with E-state index in [2.05, 4.69) is 38.9 Å². The monoisotopic (exact) mass is 1070 g/mol. The maximum atomic E-state index is 16.6. The van der Waals surface area contributed by atoms with Crippen molar-refractivity contribution in [3.05, 3.63) is 83.2 Å². The Morgan fingerprint density at radius 1 is 0.750 bits per heavy atom.